The second-order valence-electron chi connectivity index (χ2n) is 4.56. The van der Waals surface area contributed by atoms with Gasteiger partial charge in [-0.25, -0.2) is 4.98 Å². The summed E-state index contributed by atoms with van der Waals surface area (Å²) < 4.78 is 0. The van der Waals surface area contributed by atoms with Crippen molar-refractivity contribution in [3.63, 3.8) is 0 Å². The minimum atomic E-state index is 0.358. The quantitative estimate of drug-likeness (QED) is 0.769. The third-order valence-corrected chi connectivity index (χ3v) is 3.11. The Kier molecular flexibility index (Phi) is 3.16. The van der Waals surface area contributed by atoms with Crippen molar-refractivity contribution in [1.82, 2.24) is 9.88 Å². The highest BCUT2D eigenvalue weighted by Gasteiger charge is 2.24. The molecule has 1 aromatic rings. The van der Waals surface area contributed by atoms with E-state index in [0.717, 1.165) is 25.5 Å². The van der Waals surface area contributed by atoms with Gasteiger partial charge in [-0.2, -0.15) is 5.26 Å². The minimum absolute atomic E-state index is 0.358. The topological polar surface area (TPSA) is 69.2 Å². The average Bonchev–Trinajstić information content (AvgIpc) is 2.30. The molecule has 1 fully saturated rings. The summed E-state index contributed by atoms with van der Waals surface area (Å²) in [6, 6.07) is 4.21. The number of likely N-dealkylation sites (N-methyl/N-ethyl adjacent to an activating group) is 1. The normalized spacial score (nSPS) is 21.2. The molecule has 1 atom stereocenters. The molecule has 90 valence electrons. The number of nitrogen functional groups attached to an aromatic ring is 1. The maximum Gasteiger partial charge on any atom is 0.146 e. The first kappa shape index (κ1) is 11.7. The molecule has 1 aromatic heterocycles. The zero-order chi connectivity index (χ0) is 12.4. The monoisotopic (exact) mass is 231 g/mol. The molecule has 0 radical (unpaired) electrons. The lowest BCUT2D eigenvalue weighted by Gasteiger charge is -2.39. The number of nitrogens with two attached hydrogens (primary N) is 1. The molecule has 5 nitrogen and oxygen atoms in total. The Bertz CT molecular complexity index is 451. The van der Waals surface area contributed by atoms with Crippen LogP contribution in [0.5, 0.6) is 0 Å². The molecular formula is C12H17N5. The lowest BCUT2D eigenvalue weighted by molar-refractivity contribution is 0.274. The van der Waals surface area contributed by atoms with Gasteiger partial charge < -0.3 is 15.5 Å². The van der Waals surface area contributed by atoms with E-state index in [4.69, 9.17) is 11.0 Å². The third-order valence-electron chi connectivity index (χ3n) is 3.11. The van der Waals surface area contributed by atoms with Gasteiger partial charge in [-0.15, -0.1) is 0 Å². The number of hydrogen-bond donors (Lipinski definition) is 1. The number of rotatable bonds is 1. The summed E-state index contributed by atoms with van der Waals surface area (Å²) >= 11 is 0. The first-order valence-corrected chi connectivity index (χ1v) is 5.72. The van der Waals surface area contributed by atoms with Crippen LogP contribution in [0.2, 0.25) is 0 Å². The van der Waals surface area contributed by atoms with Gasteiger partial charge in [0, 0.05) is 25.7 Å². The van der Waals surface area contributed by atoms with Crippen LogP contribution >= 0.6 is 0 Å². The second kappa shape index (κ2) is 4.60. The van der Waals surface area contributed by atoms with Gasteiger partial charge in [-0.05, 0) is 20.0 Å². The van der Waals surface area contributed by atoms with Crippen LogP contribution in [0.25, 0.3) is 0 Å². The molecule has 2 N–H and O–H groups in total. The summed E-state index contributed by atoms with van der Waals surface area (Å²) in [7, 11) is 2.11. The van der Waals surface area contributed by atoms with E-state index in [1.807, 2.05) is 0 Å². The van der Waals surface area contributed by atoms with Crippen molar-refractivity contribution in [3.8, 4) is 6.07 Å². The Morgan fingerprint density at radius 3 is 2.94 bits per heavy atom. The van der Waals surface area contributed by atoms with Crippen LogP contribution in [-0.2, 0) is 0 Å². The minimum Gasteiger partial charge on any atom is -0.397 e. The maximum atomic E-state index is 9.13. The number of pyridine rings is 1. The summed E-state index contributed by atoms with van der Waals surface area (Å²) in [4.78, 5) is 8.77. The van der Waals surface area contributed by atoms with E-state index < -0.39 is 0 Å². The maximum absolute atomic E-state index is 9.13. The summed E-state index contributed by atoms with van der Waals surface area (Å²) in [6.07, 6.45) is 1.61. The van der Waals surface area contributed by atoms with Crippen molar-refractivity contribution in [3.05, 3.63) is 17.8 Å². The zero-order valence-electron chi connectivity index (χ0n) is 10.2. The lowest BCUT2D eigenvalue weighted by atomic mass is 10.1. The standard InChI is InChI=1S/C12H17N5/c1-9-8-16(2)3-4-17(9)12-10(6-13)5-11(14)7-15-12/h5,7,9H,3-4,8,14H2,1-2H3. The summed E-state index contributed by atoms with van der Waals surface area (Å²) in [5.41, 5.74) is 6.74. The molecule has 1 aliphatic rings. The van der Waals surface area contributed by atoms with Crippen molar-refractivity contribution >= 4 is 11.5 Å². The van der Waals surface area contributed by atoms with E-state index in [9.17, 15) is 0 Å². The van der Waals surface area contributed by atoms with Gasteiger partial charge in [0.15, 0.2) is 0 Å². The van der Waals surface area contributed by atoms with Gasteiger partial charge in [-0.3, -0.25) is 0 Å². The van der Waals surface area contributed by atoms with E-state index >= 15 is 0 Å². The van der Waals surface area contributed by atoms with Crippen LogP contribution in [0.15, 0.2) is 12.3 Å². The second-order valence-corrected chi connectivity index (χ2v) is 4.56. The van der Waals surface area contributed by atoms with Crippen LogP contribution in [0, 0.1) is 11.3 Å². The van der Waals surface area contributed by atoms with Crippen molar-refractivity contribution in [2.24, 2.45) is 0 Å². The molecule has 0 amide bonds. The number of aromatic nitrogens is 1. The highest BCUT2D eigenvalue weighted by atomic mass is 15.3. The van der Waals surface area contributed by atoms with Crippen molar-refractivity contribution < 1.29 is 0 Å². The molecule has 0 aliphatic carbocycles. The highest BCUT2D eigenvalue weighted by Crippen LogP contribution is 2.23. The van der Waals surface area contributed by atoms with Crippen molar-refractivity contribution in [2.45, 2.75) is 13.0 Å². The predicted molar refractivity (Wildman–Crippen MR) is 67.7 cm³/mol. The Balaban J connectivity index is 2.31. The number of hydrogen-bond acceptors (Lipinski definition) is 5. The largest absolute Gasteiger partial charge is 0.397 e. The summed E-state index contributed by atoms with van der Waals surface area (Å²) in [5.74, 6) is 0.752. The average molecular weight is 231 g/mol. The number of anilines is 2. The first-order valence-electron chi connectivity index (χ1n) is 5.72. The molecule has 0 saturated carbocycles. The van der Waals surface area contributed by atoms with E-state index in [2.05, 4.69) is 34.8 Å². The molecule has 2 heterocycles. The molecule has 17 heavy (non-hydrogen) atoms. The third kappa shape index (κ3) is 2.32. The molecule has 5 heteroatoms. The van der Waals surface area contributed by atoms with Crippen LogP contribution in [0.3, 0.4) is 0 Å². The first-order chi connectivity index (χ1) is 8.11. The molecule has 0 bridgehead atoms. The number of nitrogens with zero attached hydrogens (tertiary/aromatic N) is 4. The molecule has 1 aliphatic heterocycles. The predicted octanol–water partition coefficient (Wildman–Crippen LogP) is 0.676. The molecule has 0 aromatic carbocycles. The van der Waals surface area contributed by atoms with Gasteiger partial charge in [0.25, 0.3) is 0 Å². The van der Waals surface area contributed by atoms with Crippen molar-refractivity contribution in [1.29, 1.82) is 5.26 Å². The Morgan fingerprint density at radius 1 is 1.53 bits per heavy atom. The van der Waals surface area contributed by atoms with Crippen LogP contribution in [-0.4, -0.2) is 42.6 Å². The SMILES string of the molecule is CC1CN(C)CCN1c1ncc(N)cc1C#N. The fourth-order valence-corrected chi connectivity index (χ4v) is 2.24. The van der Waals surface area contributed by atoms with E-state index in [1.165, 1.54) is 0 Å². The smallest absolute Gasteiger partial charge is 0.146 e. The van der Waals surface area contributed by atoms with Gasteiger partial charge in [0.2, 0.25) is 0 Å². The lowest BCUT2D eigenvalue weighted by Crippen LogP contribution is -2.51. The molecule has 1 saturated heterocycles. The number of nitriles is 1. The molecule has 1 unspecified atom stereocenters. The van der Waals surface area contributed by atoms with E-state index in [-0.39, 0.29) is 0 Å². The Morgan fingerprint density at radius 2 is 2.29 bits per heavy atom. The molecular weight excluding hydrogens is 214 g/mol. The summed E-state index contributed by atoms with van der Waals surface area (Å²) in [6.45, 7) is 5.01. The zero-order valence-corrected chi connectivity index (χ0v) is 10.2. The Labute approximate surface area is 101 Å². The van der Waals surface area contributed by atoms with Crippen molar-refractivity contribution in [2.75, 3.05) is 37.3 Å². The fraction of sp³-hybridized carbons (Fsp3) is 0.500. The van der Waals surface area contributed by atoms with Gasteiger partial charge in [-0.1, -0.05) is 0 Å². The summed E-state index contributed by atoms with van der Waals surface area (Å²) in [5, 5.41) is 9.13. The fourth-order valence-electron chi connectivity index (χ4n) is 2.24. The molecule has 0 spiro atoms. The number of piperazine rings is 1. The van der Waals surface area contributed by atoms with E-state index in [0.29, 0.717) is 17.3 Å². The van der Waals surface area contributed by atoms with Gasteiger partial charge in [0.05, 0.1) is 17.4 Å². The highest BCUT2D eigenvalue weighted by molar-refractivity contribution is 5.59. The van der Waals surface area contributed by atoms with Crippen LogP contribution in [0.1, 0.15) is 12.5 Å². The van der Waals surface area contributed by atoms with E-state index in [1.54, 1.807) is 12.3 Å². The van der Waals surface area contributed by atoms with Crippen LogP contribution in [0.4, 0.5) is 11.5 Å². The Hall–Kier alpha value is -1.80. The van der Waals surface area contributed by atoms with Gasteiger partial charge in [0.1, 0.15) is 11.9 Å². The van der Waals surface area contributed by atoms with Gasteiger partial charge >= 0.3 is 0 Å². The molecule has 2 rings (SSSR count). The van der Waals surface area contributed by atoms with Crippen LogP contribution < -0.4 is 10.6 Å².